The topological polar surface area (TPSA) is 17.3 Å². The number of aryl methyl sites for hydroxylation is 1. The van der Waals surface area contributed by atoms with Crippen LogP contribution >= 0.6 is 0 Å². The molecule has 2 heteroatoms. The van der Waals surface area contributed by atoms with Gasteiger partial charge in [-0.2, -0.15) is 0 Å². The Morgan fingerprint density at radius 2 is 2.15 bits per heavy atom. The van der Waals surface area contributed by atoms with Gasteiger partial charge in [0, 0.05) is 18.6 Å². The average molecular weight is 174 g/mol. The predicted octanol–water partition coefficient (Wildman–Crippen LogP) is 2.77. The molecule has 0 atom stereocenters. The van der Waals surface area contributed by atoms with Crippen LogP contribution < -0.4 is 0 Å². The van der Waals surface area contributed by atoms with E-state index in [-0.39, 0.29) is 0 Å². The van der Waals surface area contributed by atoms with Crippen LogP contribution in [0, 0.1) is 6.92 Å². The monoisotopic (exact) mass is 174 g/mol. The second-order valence-corrected chi connectivity index (χ2v) is 3.79. The molecule has 0 saturated carbocycles. The Hall–Kier alpha value is -1.31. The standard InChI is InChI=1S/C11H14N2/c1-8(2)10-4-5-13-7-9(3)6-12-11(10)13/h4-8H,1-3H3. The molecule has 13 heavy (non-hydrogen) atoms. The molecule has 2 aromatic rings. The number of hydrogen-bond donors (Lipinski definition) is 0. The zero-order valence-electron chi connectivity index (χ0n) is 8.28. The number of hydrogen-bond acceptors (Lipinski definition) is 1. The first kappa shape index (κ1) is 8.30. The minimum Gasteiger partial charge on any atom is -0.308 e. The van der Waals surface area contributed by atoms with Crippen LogP contribution in [0.2, 0.25) is 0 Å². The van der Waals surface area contributed by atoms with E-state index in [1.807, 2.05) is 6.20 Å². The van der Waals surface area contributed by atoms with E-state index in [0.717, 1.165) is 5.65 Å². The highest BCUT2D eigenvalue weighted by Gasteiger charge is 2.06. The second kappa shape index (κ2) is 2.87. The fourth-order valence-electron chi connectivity index (χ4n) is 1.57. The van der Waals surface area contributed by atoms with Gasteiger partial charge in [0.2, 0.25) is 0 Å². The lowest BCUT2D eigenvalue weighted by Crippen LogP contribution is -1.91. The van der Waals surface area contributed by atoms with Gasteiger partial charge in [-0.05, 0) is 30.0 Å². The molecular formula is C11H14N2. The fourth-order valence-corrected chi connectivity index (χ4v) is 1.57. The largest absolute Gasteiger partial charge is 0.308 e. The Morgan fingerprint density at radius 3 is 2.85 bits per heavy atom. The van der Waals surface area contributed by atoms with Gasteiger partial charge in [0.15, 0.2) is 0 Å². The maximum atomic E-state index is 4.42. The first-order valence-electron chi connectivity index (χ1n) is 4.61. The molecular weight excluding hydrogens is 160 g/mol. The molecule has 0 amide bonds. The van der Waals surface area contributed by atoms with Crippen LogP contribution in [0.25, 0.3) is 5.65 Å². The average Bonchev–Trinajstić information content (AvgIpc) is 2.46. The molecule has 0 spiro atoms. The Bertz CT molecular complexity index is 427. The summed E-state index contributed by atoms with van der Waals surface area (Å²) >= 11 is 0. The molecule has 2 nitrogen and oxygen atoms in total. The Morgan fingerprint density at radius 1 is 1.38 bits per heavy atom. The van der Waals surface area contributed by atoms with E-state index in [2.05, 4.69) is 48.6 Å². The van der Waals surface area contributed by atoms with E-state index in [9.17, 15) is 0 Å². The normalized spacial score (nSPS) is 11.4. The SMILES string of the molecule is Cc1cnc2c(C(C)C)ccn2c1. The van der Waals surface area contributed by atoms with Gasteiger partial charge in [-0.1, -0.05) is 13.8 Å². The van der Waals surface area contributed by atoms with E-state index in [1.165, 1.54) is 11.1 Å². The minimum atomic E-state index is 0.542. The summed E-state index contributed by atoms with van der Waals surface area (Å²) in [6.07, 6.45) is 6.10. The van der Waals surface area contributed by atoms with Crippen molar-refractivity contribution >= 4 is 5.65 Å². The summed E-state index contributed by atoms with van der Waals surface area (Å²) in [7, 11) is 0. The number of fused-ring (bicyclic) bond motifs is 1. The Kier molecular flexibility index (Phi) is 1.83. The molecule has 0 aliphatic heterocycles. The van der Waals surface area contributed by atoms with Gasteiger partial charge in [0.1, 0.15) is 5.65 Å². The summed E-state index contributed by atoms with van der Waals surface area (Å²) in [6, 6.07) is 2.15. The van der Waals surface area contributed by atoms with E-state index < -0.39 is 0 Å². The first-order chi connectivity index (χ1) is 6.18. The fraction of sp³-hybridized carbons (Fsp3) is 0.364. The van der Waals surface area contributed by atoms with Gasteiger partial charge in [-0.25, -0.2) is 4.98 Å². The molecule has 0 N–H and O–H groups in total. The molecule has 0 aliphatic rings. The molecule has 0 aromatic carbocycles. The van der Waals surface area contributed by atoms with E-state index in [4.69, 9.17) is 0 Å². The summed E-state index contributed by atoms with van der Waals surface area (Å²) in [4.78, 5) is 4.42. The molecule has 0 fully saturated rings. The third kappa shape index (κ3) is 1.32. The van der Waals surface area contributed by atoms with Gasteiger partial charge in [0.05, 0.1) is 0 Å². The van der Waals surface area contributed by atoms with E-state index in [0.29, 0.717) is 5.92 Å². The summed E-state index contributed by atoms with van der Waals surface area (Å²) in [6.45, 7) is 6.44. The Balaban J connectivity index is 2.69. The highest BCUT2D eigenvalue weighted by molar-refractivity contribution is 5.50. The van der Waals surface area contributed by atoms with Crippen molar-refractivity contribution in [3.63, 3.8) is 0 Å². The third-order valence-corrected chi connectivity index (χ3v) is 2.27. The zero-order chi connectivity index (χ0) is 9.42. The molecule has 0 bridgehead atoms. The lowest BCUT2D eigenvalue weighted by Gasteiger charge is -2.02. The first-order valence-corrected chi connectivity index (χ1v) is 4.61. The van der Waals surface area contributed by atoms with Crippen LogP contribution in [-0.4, -0.2) is 9.38 Å². The quantitative estimate of drug-likeness (QED) is 0.649. The van der Waals surface area contributed by atoms with Gasteiger partial charge >= 0.3 is 0 Å². The molecule has 0 aliphatic carbocycles. The lowest BCUT2D eigenvalue weighted by molar-refractivity contribution is 0.871. The maximum Gasteiger partial charge on any atom is 0.140 e. The lowest BCUT2D eigenvalue weighted by atomic mass is 10.1. The van der Waals surface area contributed by atoms with Crippen molar-refractivity contribution in [2.45, 2.75) is 26.7 Å². The second-order valence-electron chi connectivity index (χ2n) is 3.79. The molecule has 2 rings (SSSR count). The highest BCUT2D eigenvalue weighted by atomic mass is 15.0. The summed E-state index contributed by atoms with van der Waals surface area (Å²) in [5, 5.41) is 0. The van der Waals surface area contributed by atoms with Crippen LogP contribution in [0.4, 0.5) is 0 Å². The molecule has 0 unspecified atom stereocenters. The van der Waals surface area contributed by atoms with Crippen molar-refractivity contribution in [1.82, 2.24) is 9.38 Å². The van der Waals surface area contributed by atoms with Gasteiger partial charge in [0.25, 0.3) is 0 Å². The Labute approximate surface area is 78.2 Å². The number of rotatable bonds is 1. The van der Waals surface area contributed by atoms with Crippen molar-refractivity contribution in [3.05, 3.63) is 35.8 Å². The van der Waals surface area contributed by atoms with Crippen LogP contribution in [0.15, 0.2) is 24.7 Å². The van der Waals surface area contributed by atoms with E-state index >= 15 is 0 Å². The van der Waals surface area contributed by atoms with Crippen LogP contribution in [-0.2, 0) is 0 Å². The minimum absolute atomic E-state index is 0.542. The highest BCUT2D eigenvalue weighted by Crippen LogP contribution is 2.19. The summed E-state index contributed by atoms with van der Waals surface area (Å²) in [5.74, 6) is 0.542. The van der Waals surface area contributed by atoms with Crippen molar-refractivity contribution in [2.75, 3.05) is 0 Å². The molecule has 2 heterocycles. The van der Waals surface area contributed by atoms with Gasteiger partial charge in [-0.3, -0.25) is 0 Å². The van der Waals surface area contributed by atoms with Crippen molar-refractivity contribution in [1.29, 1.82) is 0 Å². The van der Waals surface area contributed by atoms with Gasteiger partial charge in [-0.15, -0.1) is 0 Å². The predicted molar refractivity (Wildman–Crippen MR) is 54.0 cm³/mol. The molecule has 0 saturated heterocycles. The van der Waals surface area contributed by atoms with Crippen LogP contribution in [0.5, 0.6) is 0 Å². The van der Waals surface area contributed by atoms with E-state index in [1.54, 1.807) is 0 Å². The van der Waals surface area contributed by atoms with Crippen LogP contribution in [0.1, 0.15) is 30.9 Å². The van der Waals surface area contributed by atoms with Crippen molar-refractivity contribution in [2.24, 2.45) is 0 Å². The molecule has 68 valence electrons. The third-order valence-electron chi connectivity index (χ3n) is 2.27. The zero-order valence-corrected chi connectivity index (χ0v) is 8.28. The van der Waals surface area contributed by atoms with Crippen LogP contribution in [0.3, 0.4) is 0 Å². The summed E-state index contributed by atoms with van der Waals surface area (Å²) in [5.41, 5.74) is 3.60. The molecule has 0 radical (unpaired) electrons. The molecule has 2 aromatic heterocycles. The maximum absolute atomic E-state index is 4.42. The van der Waals surface area contributed by atoms with Crippen molar-refractivity contribution < 1.29 is 0 Å². The number of nitrogens with zero attached hydrogens (tertiary/aromatic N) is 2. The van der Waals surface area contributed by atoms with Gasteiger partial charge < -0.3 is 4.40 Å². The summed E-state index contributed by atoms with van der Waals surface area (Å²) < 4.78 is 2.09. The number of aromatic nitrogens is 2. The van der Waals surface area contributed by atoms with Crippen molar-refractivity contribution in [3.8, 4) is 0 Å². The smallest absolute Gasteiger partial charge is 0.140 e.